The molecule has 0 amide bonds. The summed E-state index contributed by atoms with van der Waals surface area (Å²) in [5.41, 5.74) is 0.707. The van der Waals surface area contributed by atoms with Gasteiger partial charge in [-0.3, -0.25) is 0 Å². The van der Waals surface area contributed by atoms with Crippen LogP contribution in [0.3, 0.4) is 0 Å². The van der Waals surface area contributed by atoms with Gasteiger partial charge >= 0.3 is 0 Å². The number of aliphatic carboxylic acids is 1. The van der Waals surface area contributed by atoms with Crippen molar-refractivity contribution in [3.05, 3.63) is 41.3 Å². The third-order valence-corrected chi connectivity index (χ3v) is 3.11. The van der Waals surface area contributed by atoms with Gasteiger partial charge < -0.3 is 9.90 Å². The third kappa shape index (κ3) is 4.80. The van der Waals surface area contributed by atoms with E-state index in [-0.39, 0.29) is 0 Å². The van der Waals surface area contributed by atoms with Gasteiger partial charge in [-0.15, -0.1) is 0 Å². The summed E-state index contributed by atoms with van der Waals surface area (Å²) < 4.78 is 24.8. The molecule has 0 unspecified atom stereocenters. The number of carboxylic acid groups (broad SMARTS) is 1. The lowest BCUT2D eigenvalue weighted by Crippen LogP contribution is -2.45. The summed E-state index contributed by atoms with van der Waals surface area (Å²) in [6.45, 7) is 1.20. The van der Waals surface area contributed by atoms with Gasteiger partial charge in [0, 0.05) is 5.41 Å². The first kappa shape index (κ1) is 13.4. The Bertz CT molecular complexity index is 508. The molecular weight excluding hydrogens is 242 g/mol. The highest BCUT2D eigenvalue weighted by Crippen LogP contribution is 2.03. The van der Waals surface area contributed by atoms with E-state index >= 15 is 0 Å². The maximum Gasteiger partial charge on any atom is 0.234 e. The van der Waals surface area contributed by atoms with Crippen molar-refractivity contribution in [3.8, 4) is 0 Å². The van der Waals surface area contributed by atoms with E-state index in [0.29, 0.717) is 5.56 Å². The van der Waals surface area contributed by atoms with Crippen LogP contribution in [-0.4, -0.2) is 20.4 Å². The Morgan fingerprint density at radius 1 is 1.35 bits per heavy atom. The Morgan fingerprint density at radius 3 is 2.47 bits per heavy atom. The monoisotopic (exact) mass is 254 g/mol. The van der Waals surface area contributed by atoms with E-state index in [9.17, 15) is 18.3 Å². The Kier molecular flexibility index (Phi) is 4.42. The van der Waals surface area contributed by atoms with Crippen molar-refractivity contribution >= 4 is 22.1 Å². The molecule has 92 valence electrons. The number of nitrogens with one attached hydrogen (secondary N) is 1. The van der Waals surface area contributed by atoms with Gasteiger partial charge in [0.05, 0.1) is 12.0 Å². The number of hydrogen-bond donors (Lipinski definition) is 1. The number of carbonyl (C=O) groups excluding carboxylic acids is 1. The Hall–Kier alpha value is -1.66. The number of rotatable bonds is 5. The van der Waals surface area contributed by atoms with E-state index in [2.05, 4.69) is 0 Å². The SMILES string of the molecule is C[C@@H](NS(=O)(=O)/C=C/c1ccccc1)C(=O)[O-]. The fourth-order valence-electron chi connectivity index (χ4n) is 1.07. The summed E-state index contributed by atoms with van der Waals surface area (Å²) in [6, 6.07) is 7.54. The number of benzene rings is 1. The minimum atomic E-state index is -3.78. The second-order valence-electron chi connectivity index (χ2n) is 3.42. The van der Waals surface area contributed by atoms with Crippen molar-refractivity contribution in [2.75, 3.05) is 0 Å². The Balaban J connectivity index is 2.74. The average Bonchev–Trinajstić information content (AvgIpc) is 2.27. The van der Waals surface area contributed by atoms with Gasteiger partial charge in [0.2, 0.25) is 10.0 Å². The average molecular weight is 254 g/mol. The third-order valence-electron chi connectivity index (χ3n) is 1.93. The molecule has 0 bridgehead atoms. The van der Waals surface area contributed by atoms with Crippen LogP contribution in [0.2, 0.25) is 0 Å². The molecule has 0 saturated heterocycles. The highest BCUT2D eigenvalue weighted by Gasteiger charge is 2.11. The molecule has 0 aliphatic rings. The summed E-state index contributed by atoms with van der Waals surface area (Å²) in [7, 11) is -3.78. The van der Waals surface area contributed by atoms with Crippen molar-refractivity contribution in [3.63, 3.8) is 0 Å². The number of carboxylic acids is 1. The quantitative estimate of drug-likeness (QED) is 0.782. The zero-order chi connectivity index (χ0) is 12.9. The normalized spacial score (nSPS) is 13.7. The molecule has 0 saturated carbocycles. The molecule has 0 heterocycles. The zero-order valence-corrected chi connectivity index (χ0v) is 9.98. The van der Waals surface area contributed by atoms with Gasteiger partial charge in [0.25, 0.3) is 0 Å². The van der Waals surface area contributed by atoms with Crippen molar-refractivity contribution < 1.29 is 18.3 Å². The molecular formula is C11H12NO4S-. The van der Waals surface area contributed by atoms with E-state index in [1.165, 1.54) is 13.0 Å². The van der Waals surface area contributed by atoms with Gasteiger partial charge in [-0.2, -0.15) is 0 Å². The lowest BCUT2D eigenvalue weighted by atomic mass is 10.2. The van der Waals surface area contributed by atoms with Gasteiger partial charge in [-0.25, -0.2) is 13.1 Å². The van der Waals surface area contributed by atoms with Gasteiger partial charge in [-0.05, 0) is 18.6 Å². The summed E-state index contributed by atoms with van der Waals surface area (Å²) in [5, 5.41) is 11.3. The van der Waals surface area contributed by atoms with Crippen LogP contribution < -0.4 is 9.83 Å². The summed E-state index contributed by atoms with van der Waals surface area (Å²) >= 11 is 0. The van der Waals surface area contributed by atoms with Crippen molar-refractivity contribution in [2.45, 2.75) is 13.0 Å². The lowest BCUT2D eigenvalue weighted by molar-refractivity contribution is -0.307. The molecule has 0 aliphatic heterocycles. The molecule has 0 aromatic heterocycles. The molecule has 0 spiro atoms. The van der Waals surface area contributed by atoms with Crippen molar-refractivity contribution in [1.82, 2.24) is 4.72 Å². The fourth-order valence-corrected chi connectivity index (χ4v) is 2.07. The highest BCUT2D eigenvalue weighted by atomic mass is 32.2. The molecule has 17 heavy (non-hydrogen) atoms. The fraction of sp³-hybridized carbons (Fsp3) is 0.182. The molecule has 0 aliphatic carbocycles. The molecule has 1 atom stereocenters. The van der Waals surface area contributed by atoms with Crippen LogP contribution in [-0.2, 0) is 14.8 Å². The topological polar surface area (TPSA) is 86.3 Å². The standard InChI is InChI=1S/C11H13NO4S/c1-9(11(13)14)12-17(15,16)8-7-10-5-3-2-4-6-10/h2-9,12H,1H3,(H,13,14)/p-1/b8-7+/t9-/m1/s1. The largest absolute Gasteiger partial charge is 0.548 e. The van der Waals surface area contributed by atoms with E-state index < -0.39 is 22.0 Å². The summed E-state index contributed by atoms with van der Waals surface area (Å²) in [5.74, 6) is -1.47. The first-order valence-corrected chi connectivity index (χ1v) is 6.42. The molecule has 1 N–H and O–H groups in total. The van der Waals surface area contributed by atoms with Gasteiger partial charge in [-0.1, -0.05) is 30.3 Å². The molecule has 5 nitrogen and oxygen atoms in total. The maximum atomic E-state index is 11.4. The molecule has 1 rings (SSSR count). The second-order valence-corrected chi connectivity index (χ2v) is 5.01. The molecule has 1 aromatic rings. The zero-order valence-electron chi connectivity index (χ0n) is 9.16. The molecule has 0 radical (unpaired) electrons. The van der Waals surface area contributed by atoms with E-state index in [1.54, 1.807) is 24.3 Å². The Morgan fingerprint density at radius 2 is 1.94 bits per heavy atom. The van der Waals surface area contributed by atoms with Crippen molar-refractivity contribution in [1.29, 1.82) is 0 Å². The predicted molar refractivity (Wildman–Crippen MR) is 62.0 cm³/mol. The van der Waals surface area contributed by atoms with Gasteiger partial charge in [0.1, 0.15) is 0 Å². The lowest BCUT2D eigenvalue weighted by Gasteiger charge is -2.12. The highest BCUT2D eigenvalue weighted by molar-refractivity contribution is 7.92. The van der Waals surface area contributed by atoms with Crippen LogP contribution in [0.5, 0.6) is 0 Å². The minimum Gasteiger partial charge on any atom is -0.548 e. The van der Waals surface area contributed by atoms with Crippen LogP contribution in [0.15, 0.2) is 35.7 Å². The first-order valence-electron chi connectivity index (χ1n) is 4.87. The molecule has 0 fully saturated rings. The Labute approximate surface area is 99.8 Å². The van der Waals surface area contributed by atoms with E-state index in [4.69, 9.17) is 0 Å². The van der Waals surface area contributed by atoms with Crippen LogP contribution in [0.25, 0.3) is 6.08 Å². The maximum absolute atomic E-state index is 11.4. The van der Waals surface area contributed by atoms with Crippen molar-refractivity contribution in [2.24, 2.45) is 0 Å². The van der Waals surface area contributed by atoms with Crippen LogP contribution in [0.1, 0.15) is 12.5 Å². The summed E-state index contributed by atoms with van der Waals surface area (Å²) in [4.78, 5) is 10.4. The van der Waals surface area contributed by atoms with Gasteiger partial charge in [0.15, 0.2) is 0 Å². The molecule has 6 heteroatoms. The van der Waals surface area contributed by atoms with E-state index in [1.807, 2.05) is 10.8 Å². The number of hydrogen-bond acceptors (Lipinski definition) is 4. The molecule has 1 aromatic carbocycles. The number of sulfonamides is 1. The van der Waals surface area contributed by atoms with Crippen LogP contribution in [0, 0.1) is 0 Å². The predicted octanol–water partition coefficient (Wildman–Crippen LogP) is -0.285. The number of carbonyl (C=O) groups is 1. The van der Waals surface area contributed by atoms with Crippen LogP contribution in [0.4, 0.5) is 0 Å². The minimum absolute atomic E-state index is 0.707. The van der Waals surface area contributed by atoms with E-state index in [0.717, 1.165) is 5.41 Å². The smallest absolute Gasteiger partial charge is 0.234 e. The summed E-state index contributed by atoms with van der Waals surface area (Å²) in [6.07, 6.45) is 1.38. The first-order chi connectivity index (χ1) is 7.91. The van der Waals surface area contributed by atoms with Crippen LogP contribution >= 0.6 is 0 Å². The second kappa shape index (κ2) is 5.60.